The number of nitriles is 1. The van der Waals surface area contributed by atoms with E-state index in [0.29, 0.717) is 16.0 Å². The van der Waals surface area contributed by atoms with Gasteiger partial charge in [0.1, 0.15) is 0 Å². The van der Waals surface area contributed by atoms with Crippen LogP contribution in [0.4, 0.5) is 0 Å². The summed E-state index contributed by atoms with van der Waals surface area (Å²) in [5, 5.41) is 17.3. The molecule has 3 nitrogen and oxygen atoms in total. The summed E-state index contributed by atoms with van der Waals surface area (Å²) < 4.78 is 0. The van der Waals surface area contributed by atoms with Crippen LogP contribution in [0.2, 0.25) is 0 Å². The zero-order valence-corrected chi connectivity index (χ0v) is 7.80. The molecule has 0 aliphatic carbocycles. The maximum absolute atomic E-state index is 10.7. The SMILES string of the molecule is Cc1c(S)cc(C#N)cc1C(=O)O. The van der Waals surface area contributed by atoms with Crippen molar-refractivity contribution in [2.24, 2.45) is 0 Å². The Kier molecular flexibility index (Phi) is 2.59. The second-order valence-electron chi connectivity index (χ2n) is 2.58. The van der Waals surface area contributed by atoms with Gasteiger partial charge in [0.05, 0.1) is 17.2 Å². The molecule has 0 aromatic heterocycles. The van der Waals surface area contributed by atoms with E-state index in [1.54, 1.807) is 13.0 Å². The Bertz CT molecular complexity index is 407. The summed E-state index contributed by atoms with van der Waals surface area (Å²) in [4.78, 5) is 11.2. The summed E-state index contributed by atoms with van der Waals surface area (Å²) in [6, 6.07) is 4.77. The Hall–Kier alpha value is -1.47. The van der Waals surface area contributed by atoms with E-state index < -0.39 is 5.97 Å². The smallest absolute Gasteiger partial charge is 0.336 e. The molecule has 0 aliphatic heterocycles. The molecule has 1 aromatic carbocycles. The molecular formula is C9H7NO2S. The Morgan fingerprint density at radius 2 is 2.23 bits per heavy atom. The third-order valence-electron chi connectivity index (χ3n) is 1.74. The number of nitrogens with zero attached hydrogens (tertiary/aromatic N) is 1. The second-order valence-corrected chi connectivity index (χ2v) is 3.07. The number of carboxylic acid groups (broad SMARTS) is 1. The van der Waals surface area contributed by atoms with Gasteiger partial charge in [-0.15, -0.1) is 12.6 Å². The van der Waals surface area contributed by atoms with Crippen molar-refractivity contribution in [3.05, 3.63) is 28.8 Å². The molecule has 1 aromatic rings. The summed E-state index contributed by atoms with van der Waals surface area (Å²) in [5.74, 6) is -1.04. The quantitative estimate of drug-likeness (QED) is 0.669. The number of benzene rings is 1. The Morgan fingerprint density at radius 3 is 2.69 bits per heavy atom. The number of carboxylic acids is 1. The van der Waals surface area contributed by atoms with Crippen LogP contribution in [-0.2, 0) is 0 Å². The number of rotatable bonds is 1. The van der Waals surface area contributed by atoms with Crippen LogP contribution in [0.5, 0.6) is 0 Å². The molecule has 1 N–H and O–H groups in total. The van der Waals surface area contributed by atoms with Gasteiger partial charge in [0.25, 0.3) is 0 Å². The van der Waals surface area contributed by atoms with Gasteiger partial charge in [-0.25, -0.2) is 4.79 Å². The van der Waals surface area contributed by atoms with Crippen molar-refractivity contribution < 1.29 is 9.90 Å². The van der Waals surface area contributed by atoms with Gasteiger partial charge in [-0.3, -0.25) is 0 Å². The number of carbonyl (C=O) groups is 1. The van der Waals surface area contributed by atoms with Gasteiger partial charge < -0.3 is 5.11 Å². The average molecular weight is 193 g/mol. The molecule has 0 spiro atoms. The molecule has 0 unspecified atom stereocenters. The van der Waals surface area contributed by atoms with E-state index in [9.17, 15) is 4.79 Å². The predicted molar refractivity (Wildman–Crippen MR) is 50.1 cm³/mol. The summed E-state index contributed by atoms with van der Waals surface area (Å²) in [6.45, 7) is 1.66. The van der Waals surface area contributed by atoms with E-state index in [1.807, 2.05) is 6.07 Å². The van der Waals surface area contributed by atoms with E-state index >= 15 is 0 Å². The van der Waals surface area contributed by atoms with E-state index in [2.05, 4.69) is 12.6 Å². The van der Waals surface area contributed by atoms with E-state index in [0.717, 1.165) is 0 Å². The maximum atomic E-state index is 10.7. The Morgan fingerprint density at radius 1 is 1.62 bits per heavy atom. The molecule has 0 amide bonds. The minimum absolute atomic E-state index is 0.129. The van der Waals surface area contributed by atoms with Gasteiger partial charge in [0, 0.05) is 4.90 Å². The van der Waals surface area contributed by atoms with E-state index in [4.69, 9.17) is 10.4 Å². The van der Waals surface area contributed by atoms with Crippen molar-refractivity contribution in [3.63, 3.8) is 0 Å². The largest absolute Gasteiger partial charge is 0.478 e. The van der Waals surface area contributed by atoms with Gasteiger partial charge >= 0.3 is 5.97 Å². The molecule has 4 heteroatoms. The van der Waals surface area contributed by atoms with Crippen molar-refractivity contribution in [1.82, 2.24) is 0 Å². The van der Waals surface area contributed by atoms with Crippen molar-refractivity contribution in [1.29, 1.82) is 5.26 Å². The fraction of sp³-hybridized carbons (Fsp3) is 0.111. The first-order chi connectivity index (χ1) is 6.06. The lowest BCUT2D eigenvalue weighted by Gasteiger charge is -2.03. The van der Waals surface area contributed by atoms with Crippen LogP contribution < -0.4 is 0 Å². The first-order valence-corrected chi connectivity index (χ1v) is 3.98. The first kappa shape index (κ1) is 9.62. The normalized spacial score (nSPS) is 9.31. The molecule has 0 saturated heterocycles. The highest BCUT2D eigenvalue weighted by molar-refractivity contribution is 7.80. The van der Waals surface area contributed by atoms with Gasteiger partial charge in [-0.1, -0.05) is 0 Å². The fourth-order valence-corrected chi connectivity index (χ4v) is 1.25. The zero-order valence-electron chi connectivity index (χ0n) is 6.90. The van der Waals surface area contributed by atoms with Gasteiger partial charge in [-0.2, -0.15) is 5.26 Å². The number of aromatic carboxylic acids is 1. The van der Waals surface area contributed by atoms with Crippen molar-refractivity contribution in [2.75, 3.05) is 0 Å². The number of thiol groups is 1. The van der Waals surface area contributed by atoms with Crippen molar-refractivity contribution in [3.8, 4) is 6.07 Å². The number of hydrogen-bond donors (Lipinski definition) is 2. The van der Waals surface area contributed by atoms with E-state index in [1.165, 1.54) is 6.07 Å². The third kappa shape index (κ3) is 1.82. The molecule has 66 valence electrons. The minimum Gasteiger partial charge on any atom is -0.478 e. The van der Waals surface area contributed by atoms with Gasteiger partial charge in [0.15, 0.2) is 0 Å². The zero-order chi connectivity index (χ0) is 10.0. The second kappa shape index (κ2) is 3.50. The monoisotopic (exact) mass is 193 g/mol. The molecule has 0 saturated carbocycles. The molecule has 0 heterocycles. The summed E-state index contributed by atoms with van der Waals surface area (Å²) in [6.07, 6.45) is 0. The lowest BCUT2D eigenvalue weighted by Crippen LogP contribution is -2.01. The molecule has 0 fully saturated rings. The average Bonchev–Trinajstić information content (AvgIpc) is 2.09. The summed E-state index contributed by atoms with van der Waals surface area (Å²) in [5.41, 5.74) is 1.02. The van der Waals surface area contributed by atoms with Gasteiger partial charge in [-0.05, 0) is 24.6 Å². The highest BCUT2D eigenvalue weighted by Crippen LogP contribution is 2.19. The summed E-state index contributed by atoms with van der Waals surface area (Å²) in [7, 11) is 0. The van der Waals surface area contributed by atoms with Crippen LogP contribution in [0.15, 0.2) is 17.0 Å². The van der Waals surface area contributed by atoms with Crippen LogP contribution >= 0.6 is 12.6 Å². The van der Waals surface area contributed by atoms with Crippen LogP contribution in [0.1, 0.15) is 21.5 Å². The Labute approximate surface area is 81.0 Å². The molecule has 13 heavy (non-hydrogen) atoms. The predicted octanol–water partition coefficient (Wildman–Crippen LogP) is 1.85. The fourth-order valence-electron chi connectivity index (χ4n) is 0.986. The topological polar surface area (TPSA) is 61.1 Å². The Balaban J connectivity index is 3.44. The molecular weight excluding hydrogens is 186 g/mol. The van der Waals surface area contributed by atoms with Crippen molar-refractivity contribution in [2.45, 2.75) is 11.8 Å². The molecule has 1 rings (SSSR count). The van der Waals surface area contributed by atoms with Crippen LogP contribution in [0.25, 0.3) is 0 Å². The molecule has 0 atom stereocenters. The summed E-state index contributed by atoms with van der Waals surface area (Å²) >= 11 is 4.07. The first-order valence-electron chi connectivity index (χ1n) is 3.53. The lowest BCUT2D eigenvalue weighted by molar-refractivity contribution is 0.0695. The standard InChI is InChI=1S/C9H7NO2S/c1-5-7(9(11)12)2-6(4-10)3-8(5)13/h2-3,13H,1H3,(H,11,12). The lowest BCUT2D eigenvalue weighted by atomic mass is 10.1. The van der Waals surface area contributed by atoms with E-state index in [-0.39, 0.29) is 5.56 Å². The molecule has 0 bridgehead atoms. The minimum atomic E-state index is -1.04. The molecule has 0 radical (unpaired) electrons. The third-order valence-corrected chi connectivity index (χ3v) is 2.20. The van der Waals surface area contributed by atoms with Crippen molar-refractivity contribution >= 4 is 18.6 Å². The highest BCUT2D eigenvalue weighted by atomic mass is 32.1. The van der Waals surface area contributed by atoms with Gasteiger partial charge in [0.2, 0.25) is 0 Å². The number of hydrogen-bond acceptors (Lipinski definition) is 3. The molecule has 0 aliphatic rings. The van der Waals surface area contributed by atoms with Crippen LogP contribution in [0.3, 0.4) is 0 Å². The van der Waals surface area contributed by atoms with Crippen LogP contribution in [0, 0.1) is 18.3 Å². The van der Waals surface area contributed by atoms with Crippen LogP contribution in [-0.4, -0.2) is 11.1 Å². The highest BCUT2D eigenvalue weighted by Gasteiger charge is 2.10. The maximum Gasteiger partial charge on any atom is 0.336 e.